The Labute approximate surface area is 116 Å². The number of hydrogen-bond donors (Lipinski definition) is 2. The molecular formula is C15H15N3O2. The second-order valence-electron chi connectivity index (χ2n) is 4.89. The second kappa shape index (κ2) is 4.85. The van der Waals surface area contributed by atoms with Gasteiger partial charge in [0, 0.05) is 30.2 Å². The molecule has 2 amide bonds. The maximum absolute atomic E-state index is 12.1. The number of fused-ring (bicyclic) bond motifs is 1. The molecule has 0 fully saturated rings. The zero-order chi connectivity index (χ0) is 14.1. The first-order chi connectivity index (χ1) is 9.63. The van der Waals surface area contributed by atoms with E-state index in [9.17, 15) is 9.59 Å². The highest BCUT2D eigenvalue weighted by molar-refractivity contribution is 6.02. The SMILES string of the molecule is Cn1cccc1CNC(=O)c1ccc2c(c1)NC(=O)C2. The fourth-order valence-electron chi connectivity index (χ4n) is 2.31. The van der Waals surface area contributed by atoms with Gasteiger partial charge < -0.3 is 15.2 Å². The monoisotopic (exact) mass is 269 g/mol. The molecule has 3 rings (SSSR count). The van der Waals surface area contributed by atoms with Crippen LogP contribution in [0.2, 0.25) is 0 Å². The van der Waals surface area contributed by atoms with Crippen molar-refractivity contribution < 1.29 is 9.59 Å². The number of nitrogens with zero attached hydrogens (tertiary/aromatic N) is 1. The van der Waals surface area contributed by atoms with Crippen molar-refractivity contribution in [2.75, 3.05) is 5.32 Å². The lowest BCUT2D eigenvalue weighted by Gasteiger charge is -2.07. The van der Waals surface area contributed by atoms with Gasteiger partial charge in [0.2, 0.25) is 5.91 Å². The molecule has 20 heavy (non-hydrogen) atoms. The number of anilines is 1. The van der Waals surface area contributed by atoms with Crippen molar-refractivity contribution in [1.82, 2.24) is 9.88 Å². The molecule has 0 atom stereocenters. The van der Waals surface area contributed by atoms with E-state index in [0.717, 1.165) is 16.9 Å². The zero-order valence-corrected chi connectivity index (χ0v) is 11.1. The summed E-state index contributed by atoms with van der Waals surface area (Å²) < 4.78 is 1.96. The first kappa shape index (κ1) is 12.5. The summed E-state index contributed by atoms with van der Waals surface area (Å²) in [5, 5.41) is 5.62. The van der Waals surface area contributed by atoms with Gasteiger partial charge in [0.05, 0.1) is 13.0 Å². The van der Waals surface area contributed by atoms with Crippen LogP contribution in [0.3, 0.4) is 0 Å². The van der Waals surface area contributed by atoms with E-state index in [1.807, 2.05) is 36.0 Å². The largest absolute Gasteiger partial charge is 0.353 e. The summed E-state index contributed by atoms with van der Waals surface area (Å²) in [5.41, 5.74) is 3.27. The number of carbonyl (C=O) groups excluding carboxylic acids is 2. The highest BCUT2D eigenvalue weighted by atomic mass is 16.2. The maximum atomic E-state index is 12.1. The first-order valence-electron chi connectivity index (χ1n) is 6.44. The third-order valence-electron chi connectivity index (χ3n) is 3.48. The first-order valence-corrected chi connectivity index (χ1v) is 6.44. The third-order valence-corrected chi connectivity index (χ3v) is 3.48. The molecule has 0 saturated carbocycles. The molecule has 0 bridgehead atoms. The van der Waals surface area contributed by atoms with Crippen molar-refractivity contribution in [3.63, 3.8) is 0 Å². The molecule has 0 spiro atoms. The van der Waals surface area contributed by atoms with E-state index in [2.05, 4.69) is 10.6 Å². The Morgan fingerprint density at radius 2 is 2.25 bits per heavy atom. The van der Waals surface area contributed by atoms with E-state index in [-0.39, 0.29) is 11.8 Å². The Morgan fingerprint density at radius 1 is 1.40 bits per heavy atom. The third kappa shape index (κ3) is 2.30. The maximum Gasteiger partial charge on any atom is 0.251 e. The highest BCUT2D eigenvalue weighted by Gasteiger charge is 2.18. The van der Waals surface area contributed by atoms with Crippen molar-refractivity contribution in [1.29, 1.82) is 0 Å². The van der Waals surface area contributed by atoms with Crippen molar-refractivity contribution in [2.45, 2.75) is 13.0 Å². The minimum absolute atomic E-state index is 0.0265. The van der Waals surface area contributed by atoms with Crippen LogP contribution in [0.5, 0.6) is 0 Å². The van der Waals surface area contributed by atoms with Crippen molar-refractivity contribution in [3.8, 4) is 0 Å². The fraction of sp³-hybridized carbons (Fsp3) is 0.200. The molecule has 2 aromatic rings. The van der Waals surface area contributed by atoms with Gasteiger partial charge in [-0.15, -0.1) is 0 Å². The van der Waals surface area contributed by atoms with Gasteiger partial charge in [-0.1, -0.05) is 6.07 Å². The summed E-state index contributed by atoms with van der Waals surface area (Å²) in [4.78, 5) is 23.4. The quantitative estimate of drug-likeness (QED) is 0.886. The molecule has 102 valence electrons. The molecule has 2 N–H and O–H groups in total. The summed E-state index contributed by atoms with van der Waals surface area (Å²) in [6.45, 7) is 0.478. The molecule has 5 nitrogen and oxygen atoms in total. The molecular weight excluding hydrogens is 254 g/mol. The average Bonchev–Trinajstić information content (AvgIpc) is 2.99. The number of rotatable bonds is 3. The van der Waals surface area contributed by atoms with Crippen LogP contribution in [0, 0.1) is 0 Å². The number of carbonyl (C=O) groups is 2. The molecule has 0 radical (unpaired) electrons. The van der Waals surface area contributed by atoms with Gasteiger partial charge in [-0.05, 0) is 29.8 Å². The summed E-state index contributed by atoms with van der Waals surface area (Å²) in [6.07, 6.45) is 2.33. The average molecular weight is 269 g/mol. The summed E-state index contributed by atoms with van der Waals surface area (Å²) in [5.74, 6) is -0.170. The van der Waals surface area contributed by atoms with E-state index in [0.29, 0.717) is 18.5 Å². The predicted molar refractivity (Wildman–Crippen MR) is 75.4 cm³/mol. The number of nitrogens with one attached hydrogen (secondary N) is 2. The lowest BCUT2D eigenvalue weighted by atomic mass is 10.1. The number of hydrogen-bond acceptors (Lipinski definition) is 2. The molecule has 0 unspecified atom stereocenters. The molecule has 5 heteroatoms. The van der Waals surface area contributed by atoms with E-state index < -0.39 is 0 Å². The van der Waals surface area contributed by atoms with Gasteiger partial charge in [-0.3, -0.25) is 9.59 Å². The van der Waals surface area contributed by atoms with Gasteiger partial charge in [-0.2, -0.15) is 0 Å². The second-order valence-corrected chi connectivity index (χ2v) is 4.89. The smallest absolute Gasteiger partial charge is 0.251 e. The van der Waals surface area contributed by atoms with Crippen molar-refractivity contribution >= 4 is 17.5 Å². The Morgan fingerprint density at radius 3 is 3.00 bits per heavy atom. The van der Waals surface area contributed by atoms with E-state index >= 15 is 0 Å². The van der Waals surface area contributed by atoms with E-state index in [4.69, 9.17) is 0 Å². The number of amides is 2. The Kier molecular flexibility index (Phi) is 3.02. The van der Waals surface area contributed by atoms with E-state index in [1.54, 1.807) is 12.1 Å². The van der Waals surface area contributed by atoms with Gasteiger partial charge in [0.1, 0.15) is 0 Å². The molecule has 0 saturated heterocycles. The number of benzene rings is 1. The number of aromatic nitrogens is 1. The van der Waals surface area contributed by atoms with Crippen molar-refractivity contribution in [3.05, 3.63) is 53.3 Å². The van der Waals surface area contributed by atoms with Crippen LogP contribution in [0.25, 0.3) is 0 Å². The lowest BCUT2D eigenvalue weighted by molar-refractivity contribution is -0.115. The zero-order valence-electron chi connectivity index (χ0n) is 11.1. The van der Waals surface area contributed by atoms with Gasteiger partial charge >= 0.3 is 0 Å². The van der Waals surface area contributed by atoms with Crippen LogP contribution in [0.1, 0.15) is 21.6 Å². The Balaban J connectivity index is 1.70. The van der Waals surface area contributed by atoms with Crippen LogP contribution >= 0.6 is 0 Å². The van der Waals surface area contributed by atoms with Gasteiger partial charge in [0.15, 0.2) is 0 Å². The minimum Gasteiger partial charge on any atom is -0.353 e. The predicted octanol–water partition coefficient (Wildman–Crippen LogP) is 1.45. The molecule has 1 aromatic carbocycles. The minimum atomic E-state index is -0.143. The van der Waals surface area contributed by atoms with Gasteiger partial charge in [0.25, 0.3) is 5.91 Å². The lowest BCUT2D eigenvalue weighted by Crippen LogP contribution is -2.23. The summed E-state index contributed by atoms with van der Waals surface area (Å²) >= 11 is 0. The molecule has 0 aliphatic carbocycles. The molecule has 1 aliphatic rings. The van der Waals surface area contributed by atoms with Crippen LogP contribution in [0.4, 0.5) is 5.69 Å². The summed E-state index contributed by atoms with van der Waals surface area (Å²) in [7, 11) is 1.94. The van der Waals surface area contributed by atoms with E-state index in [1.165, 1.54) is 0 Å². The summed E-state index contributed by atoms with van der Waals surface area (Å²) in [6, 6.07) is 9.19. The van der Waals surface area contributed by atoms with Crippen LogP contribution in [0.15, 0.2) is 36.5 Å². The highest BCUT2D eigenvalue weighted by Crippen LogP contribution is 2.23. The Bertz CT molecular complexity index is 688. The topological polar surface area (TPSA) is 63.1 Å². The molecule has 2 heterocycles. The van der Waals surface area contributed by atoms with Crippen LogP contribution < -0.4 is 10.6 Å². The molecule has 1 aromatic heterocycles. The van der Waals surface area contributed by atoms with Crippen LogP contribution in [-0.2, 0) is 24.8 Å². The molecule has 1 aliphatic heterocycles. The normalized spacial score (nSPS) is 12.9. The Hall–Kier alpha value is -2.56. The van der Waals surface area contributed by atoms with Crippen molar-refractivity contribution in [2.24, 2.45) is 7.05 Å². The standard InChI is InChI=1S/C15H15N3O2/c1-18-6-2-3-12(18)9-16-15(20)11-5-4-10-8-14(19)17-13(10)7-11/h2-7H,8-9H2,1H3,(H,16,20)(H,17,19). The van der Waals surface area contributed by atoms with Gasteiger partial charge in [-0.25, -0.2) is 0 Å². The fourth-order valence-corrected chi connectivity index (χ4v) is 2.31. The number of aryl methyl sites for hydroxylation is 1. The van der Waals surface area contributed by atoms with Crippen LogP contribution in [-0.4, -0.2) is 16.4 Å².